The Morgan fingerprint density at radius 2 is 2.24 bits per heavy atom. The molecule has 0 aromatic carbocycles. The molecular formula is C12H13BrN2OS. The van der Waals surface area contributed by atoms with Gasteiger partial charge in [-0.3, -0.25) is 4.79 Å². The number of aromatic nitrogens is 2. The van der Waals surface area contributed by atoms with Crippen molar-refractivity contribution in [2.24, 2.45) is 0 Å². The monoisotopic (exact) mass is 312 g/mol. The Morgan fingerprint density at radius 1 is 1.47 bits per heavy atom. The molecule has 2 aromatic rings. The number of aryl methyl sites for hydroxylation is 4. The summed E-state index contributed by atoms with van der Waals surface area (Å²) in [7, 11) is 0. The van der Waals surface area contributed by atoms with Crippen LogP contribution in [0.3, 0.4) is 0 Å². The molecule has 2 heterocycles. The number of nitrogens with zero attached hydrogens (tertiary/aromatic N) is 2. The normalized spacial score (nSPS) is 10.8. The summed E-state index contributed by atoms with van der Waals surface area (Å²) in [6, 6.07) is 1.84. The van der Waals surface area contributed by atoms with Crippen molar-refractivity contribution < 1.29 is 0 Å². The Balaban J connectivity index is 2.20. The van der Waals surface area contributed by atoms with Gasteiger partial charge in [0.25, 0.3) is 5.56 Å². The van der Waals surface area contributed by atoms with Gasteiger partial charge >= 0.3 is 0 Å². The molecule has 0 saturated heterocycles. The second-order valence-corrected chi connectivity index (χ2v) is 5.81. The Morgan fingerprint density at radius 3 is 2.88 bits per heavy atom. The predicted octanol–water partition coefficient (Wildman–Crippen LogP) is 2.93. The summed E-state index contributed by atoms with van der Waals surface area (Å²) in [5.74, 6) is 0. The van der Waals surface area contributed by atoms with E-state index in [0.717, 1.165) is 22.2 Å². The number of rotatable bonds is 3. The zero-order valence-electron chi connectivity index (χ0n) is 9.74. The van der Waals surface area contributed by atoms with E-state index in [1.807, 2.05) is 31.6 Å². The predicted molar refractivity (Wildman–Crippen MR) is 73.7 cm³/mol. The standard InChI is InChI=1S/C12H13BrN2OS/c1-8-5-10(13)6-15(12(8)16)4-3-11-9(2)14-7-17-11/h5-7H,3-4H2,1-2H3. The van der Waals surface area contributed by atoms with Crippen molar-refractivity contribution in [1.82, 2.24) is 9.55 Å². The minimum atomic E-state index is 0.0790. The van der Waals surface area contributed by atoms with Crippen molar-refractivity contribution in [2.75, 3.05) is 0 Å². The molecule has 2 aromatic heterocycles. The third-order valence-electron chi connectivity index (χ3n) is 2.66. The summed E-state index contributed by atoms with van der Waals surface area (Å²) < 4.78 is 2.69. The summed E-state index contributed by atoms with van der Waals surface area (Å²) in [6.07, 6.45) is 2.69. The molecule has 0 unspecified atom stereocenters. The second kappa shape index (κ2) is 5.14. The molecule has 0 aliphatic rings. The fourth-order valence-corrected chi connectivity index (χ4v) is 3.06. The first-order valence-electron chi connectivity index (χ1n) is 5.33. The van der Waals surface area contributed by atoms with E-state index in [-0.39, 0.29) is 5.56 Å². The van der Waals surface area contributed by atoms with Gasteiger partial charge in [-0.25, -0.2) is 4.98 Å². The minimum absolute atomic E-state index is 0.0790. The molecule has 90 valence electrons. The lowest BCUT2D eigenvalue weighted by Crippen LogP contribution is -2.22. The highest BCUT2D eigenvalue weighted by Gasteiger charge is 2.05. The SMILES string of the molecule is Cc1ncsc1CCn1cc(Br)cc(C)c1=O. The molecule has 2 rings (SSSR count). The summed E-state index contributed by atoms with van der Waals surface area (Å²) in [5.41, 5.74) is 3.75. The topological polar surface area (TPSA) is 34.9 Å². The third-order valence-corrected chi connectivity index (χ3v) is 4.08. The molecule has 3 nitrogen and oxygen atoms in total. The van der Waals surface area contributed by atoms with Crippen LogP contribution in [-0.4, -0.2) is 9.55 Å². The highest BCUT2D eigenvalue weighted by Crippen LogP contribution is 2.14. The Bertz CT molecular complexity index is 588. The maximum Gasteiger partial charge on any atom is 0.253 e. The maximum absolute atomic E-state index is 11.9. The van der Waals surface area contributed by atoms with Crippen LogP contribution in [0.25, 0.3) is 0 Å². The van der Waals surface area contributed by atoms with Crippen LogP contribution in [-0.2, 0) is 13.0 Å². The fourth-order valence-electron chi connectivity index (χ4n) is 1.69. The lowest BCUT2D eigenvalue weighted by molar-refractivity contribution is 0.665. The van der Waals surface area contributed by atoms with E-state index in [0.29, 0.717) is 6.54 Å². The average molecular weight is 313 g/mol. The first-order valence-corrected chi connectivity index (χ1v) is 7.01. The molecule has 0 bridgehead atoms. The summed E-state index contributed by atoms with van der Waals surface area (Å²) in [5, 5.41) is 0. The van der Waals surface area contributed by atoms with Crippen LogP contribution in [0.15, 0.2) is 27.0 Å². The summed E-state index contributed by atoms with van der Waals surface area (Å²) in [6.45, 7) is 4.53. The van der Waals surface area contributed by atoms with Gasteiger partial charge < -0.3 is 4.57 Å². The zero-order chi connectivity index (χ0) is 12.4. The molecule has 0 saturated carbocycles. The van der Waals surface area contributed by atoms with Crippen molar-refractivity contribution in [3.8, 4) is 0 Å². The summed E-state index contributed by atoms with van der Waals surface area (Å²) >= 11 is 5.06. The van der Waals surface area contributed by atoms with Crippen LogP contribution in [0.5, 0.6) is 0 Å². The van der Waals surface area contributed by atoms with Gasteiger partial charge in [0.15, 0.2) is 0 Å². The van der Waals surface area contributed by atoms with Crippen LogP contribution < -0.4 is 5.56 Å². The molecule has 0 aliphatic heterocycles. The van der Waals surface area contributed by atoms with Crippen LogP contribution in [0, 0.1) is 13.8 Å². The van der Waals surface area contributed by atoms with Crippen molar-refractivity contribution in [3.05, 3.63) is 48.7 Å². The van der Waals surface area contributed by atoms with Gasteiger partial charge in [-0.15, -0.1) is 11.3 Å². The number of hydrogen-bond acceptors (Lipinski definition) is 3. The number of hydrogen-bond donors (Lipinski definition) is 0. The van der Waals surface area contributed by atoms with Gasteiger partial charge in [0.2, 0.25) is 0 Å². The fraction of sp³-hybridized carbons (Fsp3) is 0.333. The first-order chi connectivity index (χ1) is 8.08. The van der Waals surface area contributed by atoms with E-state index < -0.39 is 0 Å². The number of pyridine rings is 1. The first kappa shape index (κ1) is 12.5. The van der Waals surface area contributed by atoms with Gasteiger partial charge in [0.05, 0.1) is 11.2 Å². The van der Waals surface area contributed by atoms with Crippen LogP contribution in [0.1, 0.15) is 16.1 Å². The molecule has 0 spiro atoms. The smallest absolute Gasteiger partial charge is 0.253 e. The number of thiazole rings is 1. The van der Waals surface area contributed by atoms with Gasteiger partial charge in [-0.05, 0) is 35.8 Å². The van der Waals surface area contributed by atoms with E-state index in [1.54, 1.807) is 15.9 Å². The van der Waals surface area contributed by atoms with Crippen LogP contribution >= 0.6 is 27.3 Å². The van der Waals surface area contributed by atoms with E-state index in [9.17, 15) is 4.79 Å². The molecule has 0 fully saturated rings. The van der Waals surface area contributed by atoms with E-state index in [4.69, 9.17) is 0 Å². The van der Waals surface area contributed by atoms with Gasteiger partial charge in [-0.1, -0.05) is 0 Å². The van der Waals surface area contributed by atoms with E-state index in [1.165, 1.54) is 4.88 Å². The molecule has 17 heavy (non-hydrogen) atoms. The molecule has 0 N–H and O–H groups in total. The Hall–Kier alpha value is -0.940. The van der Waals surface area contributed by atoms with Crippen molar-refractivity contribution in [3.63, 3.8) is 0 Å². The van der Waals surface area contributed by atoms with Crippen LogP contribution in [0.2, 0.25) is 0 Å². The maximum atomic E-state index is 11.9. The molecule has 0 atom stereocenters. The quantitative estimate of drug-likeness (QED) is 0.873. The lowest BCUT2D eigenvalue weighted by Gasteiger charge is -2.07. The minimum Gasteiger partial charge on any atom is -0.314 e. The van der Waals surface area contributed by atoms with Crippen molar-refractivity contribution in [2.45, 2.75) is 26.8 Å². The molecule has 0 aliphatic carbocycles. The lowest BCUT2D eigenvalue weighted by atomic mass is 10.2. The Kier molecular flexibility index (Phi) is 3.79. The van der Waals surface area contributed by atoms with Crippen molar-refractivity contribution in [1.29, 1.82) is 0 Å². The zero-order valence-corrected chi connectivity index (χ0v) is 12.1. The molecule has 0 radical (unpaired) electrons. The van der Waals surface area contributed by atoms with Gasteiger partial charge in [0, 0.05) is 34.1 Å². The van der Waals surface area contributed by atoms with Gasteiger partial charge in [0.1, 0.15) is 0 Å². The average Bonchev–Trinajstić information content (AvgIpc) is 2.67. The highest BCUT2D eigenvalue weighted by atomic mass is 79.9. The molecular weight excluding hydrogens is 300 g/mol. The largest absolute Gasteiger partial charge is 0.314 e. The van der Waals surface area contributed by atoms with E-state index in [2.05, 4.69) is 20.9 Å². The third kappa shape index (κ3) is 2.84. The highest BCUT2D eigenvalue weighted by molar-refractivity contribution is 9.10. The summed E-state index contributed by atoms with van der Waals surface area (Å²) in [4.78, 5) is 17.3. The molecule has 0 amide bonds. The number of halogens is 1. The Labute approximate surface area is 112 Å². The molecule has 5 heteroatoms. The second-order valence-electron chi connectivity index (χ2n) is 3.95. The van der Waals surface area contributed by atoms with E-state index >= 15 is 0 Å². The van der Waals surface area contributed by atoms with Gasteiger partial charge in [-0.2, -0.15) is 0 Å². The van der Waals surface area contributed by atoms with Crippen LogP contribution in [0.4, 0.5) is 0 Å². The van der Waals surface area contributed by atoms with Crippen molar-refractivity contribution >= 4 is 27.3 Å².